The summed E-state index contributed by atoms with van der Waals surface area (Å²) in [6, 6.07) is 12.2. The van der Waals surface area contributed by atoms with Crippen molar-refractivity contribution in [3.8, 4) is 11.5 Å². The molecule has 1 aliphatic heterocycles. The van der Waals surface area contributed by atoms with E-state index in [0.717, 1.165) is 11.4 Å². The van der Waals surface area contributed by atoms with Crippen molar-refractivity contribution in [3.05, 3.63) is 42.5 Å². The average Bonchev–Trinajstić information content (AvgIpc) is 2.79. The normalized spacial score (nSPS) is 15.0. The molecule has 0 aromatic heterocycles. The summed E-state index contributed by atoms with van der Waals surface area (Å²) in [5.41, 5.74) is 1.38. The molecule has 1 N–H and O–H groups in total. The van der Waals surface area contributed by atoms with E-state index in [4.69, 9.17) is 9.47 Å². The van der Waals surface area contributed by atoms with Gasteiger partial charge in [-0.25, -0.2) is 8.42 Å². The first-order valence-corrected chi connectivity index (χ1v) is 11.2. The number of ether oxygens (including phenoxy) is 2. The van der Waals surface area contributed by atoms with Crippen molar-refractivity contribution in [3.63, 3.8) is 0 Å². The SMILES string of the molecule is CCC(=O)Nc1cc(S(=O)(=O)N2CCN(c3ccc(OC)cc3)CC2)ccc1OC. The molecule has 0 spiro atoms. The van der Waals surface area contributed by atoms with Gasteiger partial charge in [-0.1, -0.05) is 6.92 Å². The molecule has 0 unspecified atom stereocenters. The van der Waals surface area contributed by atoms with Gasteiger partial charge in [0.25, 0.3) is 0 Å². The molecule has 9 heteroatoms. The Morgan fingerprint density at radius 2 is 1.67 bits per heavy atom. The molecule has 8 nitrogen and oxygen atoms in total. The molecule has 0 atom stereocenters. The zero-order valence-corrected chi connectivity index (χ0v) is 18.2. The number of amides is 1. The van der Waals surface area contributed by atoms with Crippen molar-refractivity contribution in [2.75, 3.05) is 50.6 Å². The summed E-state index contributed by atoms with van der Waals surface area (Å²) in [4.78, 5) is 14.1. The molecule has 162 valence electrons. The van der Waals surface area contributed by atoms with Crippen LogP contribution in [-0.4, -0.2) is 59.0 Å². The molecule has 0 aliphatic carbocycles. The third-order valence-electron chi connectivity index (χ3n) is 5.08. The summed E-state index contributed by atoms with van der Waals surface area (Å²) in [7, 11) is -0.591. The van der Waals surface area contributed by atoms with Gasteiger partial charge in [-0.2, -0.15) is 4.31 Å². The van der Waals surface area contributed by atoms with Gasteiger partial charge >= 0.3 is 0 Å². The van der Waals surface area contributed by atoms with Crippen molar-refractivity contribution < 1.29 is 22.7 Å². The minimum absolute atomic E-state index is 0.132. The molecular formula is C21H27N3O5S. The maximum Gasteiger partial charge on any atom is 0.243 e. The zero-order chi connectivity index (χ0) is 21.7. The quantitative estimate of drug-likeness (QED) is 0.722. The van der Waals surface area contributed by atoms with Crippen LogP contribution in [0.5, 0.6) is 11.5 Å². The van der Waals surface area contributed by atoms with E-state index in [-0.39, 0.29) is 17.2 Å². The molecule has 2 aromatic carbocycles. The van der Waals surface area contributed by atoms with Crippen LogP contribution >= 0.6 is 0 Å². The van der Waals surface area contributed by atoms with Gasteiger partial charge in [0.2, 0.25) is 15.9 Å². The number of sulfonamides is 1. The van der Waals surface area contributed by atoms with Crippen LogP contribution in [0.4, 0.5) is 11.4 Å². The number of benzene rings is 2. The Bertz CT molecular complexity index is 984. The monoisotopic (exact) mass is 433 g/mol. The highest BCUT2D eigenvalue weighted by Gasteiger charge is 2.29. The maximum absolute atomic E-state index is 13.2. The van der Waals surface area contributed by atoms with Crippen LogP contribution in [0.1, 0.15) is 13.3 Å². The van der Waals surface area contributed by atoms with Crippen molar-refractivity contribution in [2.24, 2.45) is 0 Å². The maximum atomic E-state index is 13.2. The minimum atomic E-state index is -3.69. The summed E-state index contributed by atoms with van der Waals surface area (Å²) in [5.74, 6) is 0.987. The smallest absolute Gasteiger partial charge is 0.243 e. The summed E-state index contributed by atoms with van der Waals surface area (Å²) < 4.78 is 38.2. The van der Waals surface area contributed by atoms with Crippen LogP contribution in [0.25, 0.3) is 0 Å². The largest absolute Gasteiger partial charge is 0.497 e. The number of nitrogens with one attached hydrogen (secondary N) is 1. The van der Waals surface area contributed by atoms with Crippen molar-refractivity contribution in [2.45, 2.75) is 18.2 Å². The lowest BCUT2D eigenvalue weighted by molar-refractivity contribution is -0.115. The van der Waals surface area contributed by atoms with E-state index >= 15 is 0 Å². The Hall–Kier alpha value is -2.78. The van der Waals surface area contributed by atoms with Gasteiger partial charge in [-0.05, 0) is 42.5 Å². The van der Waals surface area contributed by atoms with Gasteiger partial charge in [0, 0.05) is 38.3 Å². The van der Waals surface area contributed by atoms with E-state index in [1.54, 1.807) is 20.1 Å². The van der Waals surface area contributed by atoms with E-state index in [9.17, 15) is 13.2 Å². The third kappa shape index (κ3) is 4.68. The van der Waals surface area contributed by atoms with Gasteiger partial charge < -0.3 is 19.7 Å². The van der Waals surface area contributed by atoms with Crippen molar-refractivity contribution in [1.29, 1.82) is 0 Å². The van der Waals surface area contributed by atoms with Gasteiger partial charge in [0.05, 0.1) is 24.8 Å². The fraction of sp³-hybridized carbons (Fsp3) is 0.381. The highest BCUT2D eigenvalue weighted by atomic mass is 32.2. The van der Waals surface area contributed by atoms with Gasteiger partial charge in [0.1, 0.15) is 11.5 Å². The molecule has 0 radical (unpaired) electrons. The second-order valence-electron chi connectivity index (χ2n) is 6.85. The van der Waals surface area contributed by atoms with Crippen LogP contribution in [-0.2, 0) is 14.8 Å². The fourth-order valence-corrected chi connectivity index (χ4v) is 4.76. The predicted molar refractivity (Wildman–Crippen MR) is 116 cm³/mol. The Morgan fingerprint density at radius 1 is 1.00 bits per heavy atom. The number of carbonyl (C=O) groups excluding carboxylic acids is 1. The first kappa shape index (κ1) is 21.9. The van der Waals surface area contributed by atoms with Gasteiger partial charge in [-0.15, -0.1) is 0 Å². The molecular weight excluding hydrogens is 406 g/mol. The number of hydrogen-bond donors (Lipinski definition) is 1. The van der Waals surface area contributed by atoms with E-state index in [0.29, 0.717) is 37.6 Å². The molecule has 2 aromatic rings. The van der Waals surface area contributed by atoms with Crippen molar-refractivity contribution >= 4 is 27.3 Å². The Balaban J connectivity index is 1.74. The van der Waals surface area contributed by atoms with Crippen LogP contribution < -0.4 is 19.7 Å². The number of nitrogens with zero attached hydrogens (tertiary/aromatic N) is 2. The average molecular weight is 434 g/mol. The molecule has 0 saturated carbocycles. The first-order chi connectivity index (χ1) is 14.4. The van der Waals surface area contributed by atoms with E-state index < -0.39 is 10.0 Å². The first-order valence-electron chi connectivity index (χ1n) is 9.76. The Kier molecular flexibility index (Phi) is 6.84. The number of carbonyl (C=O) groups is 1. The predicted octanol–water partition coefficient (Wildman–Crippen LogP) is 2.56. The molecule has 1 aliphatic rings. The topological polar surface area (TPSA) is 88.2 Å². The molecule has 30 heavy (non-hydrogen) atoms. The van der Waals surface area contributed by atoms with E-state index in [1.807, 2.05) is 24.3 Å². The lowest BCUT2D eigenvalue weighted by Crippen LogP contribution is -2.48. The molecule has 1 saturated heterocycles. The van der Waals surface area contributed by atoms with Crippen LogP contribution in [0.15, 0.2) is 47.4 Å². The summed E-state index contributed by atoms with van der Waals surface area (Å²) >= 11 is 0. The minimum Gasteiger partial charge on any atom is -0.497 e. The van der Waals surface area contributed by atoms with Gasteiger partial charge in [0.15, 0.2) is 0 Å². The van der Waals surface area contributed by atoms with Crippen LogP contribution in [0.3, 0.4) is 0 Å². The van der Waals surface area contributed by atoms with Gasteiger partial charge in [-0.3, -0.25) is 4.79 Å². The third-order valence-corrected chi connectivity index (χ3v) is 6.97. The van der Waals surface area contributed by atoms with E-state index in [2.05, 4.69) is 10.2 Å². The van der Waals surface area contributed by atoms with Crippen LogP contribution in [0.2, 0.25) is 0 Å². The van der Waals surface area contributed by atoms with Crippen molar-refractivity contribution in [1.82, 2.24) is 4.31 Å². The zero-order valence-electron chi connectivity index (χ0n) is 17.4. The lowest BCUT2D eigenvalue weighted by atomic mass is 10.2. The summed E-state index contributed by atoms with van der Waals surface area (Å²) in [6.45, 7) is 3.64. The molecule has 1 heterocycles. The Labute approximate surface area is 177 Å². The van der Waals surface area contributed by atoms with Crippen LogP contribution in [0, 0.1) is 0 Å². The fourth-order valence-electron chi connectivity index (χ4n) is 3.31. The summed E-state index contributed by atoms with van der Waals surface area (Å²) in [6.07, 6.45) is 0.285. The second-order valence-corrected chi connectivity index (χ2v) is 8.79. The summed E-state index contributed by atoms with van der Waals surface area (Å²) in [5, 5.41) is 2.70. The highest BCUT2D eigenvalue weighted by molar-refractivity contribution is 7.89. The van der Waals surface area contributed by atoms with E-state index in [1.165, 1.54) is 23.5 Å². The molecule has 3 rings (SSSR count). The molecule has 0 bridgehead atoms. The lowest BCUT2D eigenvalue weighted by Gasteiger charge is -2.35. The number of rotatable bonds is 7. The Morgan fingerprint density at radius 3 is 2.23 bits per heavy atom. The number of piperazine rings is 1. The second kappa shape index (κ2) is 9.36. The molecule has 1 fully saturated rings. The number of methoxy groups -OCH3 is 2. The number of hydrogen-bond acceptors (Lipinski definition) is 6. The highest BCUT2D eigenvalue weighted by Crippen LogP contribution is 2.30. The standard InChI is InChI=1S/C21H27N3O5S/c1-4-21(25)22-19-15-18(9-10-20(19)29-3)30(26,27)24-13-11-23(12-14-24)16-5-7-17(28-2)8-6-16/h5-10,15H,4,11-14H2,1-3H3,(H,22,25). The number of anilines is 2. The molecule has 1 amide bonds.